The summed E-state index contributed by atoms with van der Waals surface area (Å²) in [6.45, 7) is 0.621. The zero-order valence-electron chi connectivity index (χ0n) is 12.6. The highest BCUT2D eigenvalue weighted by Crippen LogP contribution is 2.28. The molecule has 0 saturated heterocycles. The smallest absolute Gasteiger partial charge is 0.223 e. The van der Waals surface area contributed by atoms with Crippen LogP contribution in [0.3, 0.4) is 0 Å². The number of carbonyl (C=O) groups is 1. The van der Waals surface area contributed by atoms with Gasteiger partial charge in [-0.05, 0) is 31.0 Å². The van der Waals surface area contributed by atoms with Crippen molar-refractivity contribution in [1.29, 1.82) is 0 Å². The summed E-state index contributed by atoms with van der Waals surface area (Å²) in [4.78, 5) is 20.3. The van der Waals surface area contributed by atoms with E-state index in [0.29, 0.717) is 13.0 Å². The number of fused-ring (bicyclic) bond motifs is 1. The Morgan fingerprint density at radius 1 is 1.26 bits per heavy atom. The van der Waals surface area contributed by atoms with Gasteiger partial charge in [0.2, 0.25) is 5.91 Å². The van der Waals surface area contributed by atoms with Crippen LogP contribution in [0.4, 0.5) is 0 Å². The molecule has 3 aromatic rings. The molecule has 1 fully saturated rings. The number of amides is 1. The fourth-order valence-electron chi connectivity index (χ4n) is 2.54. The first-order valence-corrected chi connectivity index (χ1v) is 7.83. The monoisotopic (exact) mass is 307 g/mol. The summed E-state index contributed by atoms with van der Waals surface area (Å²) >= 11 is 0. The van der Waals surface area contributed by atoms with Crippen LogP contribution in [0.5, 0.6) is 0 Å². The molecule has 0 atom stereocenters. The Labute approximate surface area is 133 Å². The van der Waals surface area contributed by atoms with E-state index in [-0.39, 0.29) is 11.8 Å². The third-order valence-electron chi connectivity index (χ3n) is 3.98. The summed E-state index contributed by atoms with van der Waals surface area (Å²) in [6, 6.07) is 7.77. The number of nitrogens with one attached hydrogen (secondary N) is 1. The van der Waals surface area contributed by atoms with Gasteiger partial charge in [-0.25, -0.2) is 9.50 Å². The Kier molecular flexibility index (Phi) is 3.49. The van der Waals surface area contributed by atoms with E-state index in [0.717, 1.165) is 35.4 Å². The van der Waals surface area contributed by atoms with E-state index in [1.54, 1.807) is 16.9 Å². The second-order valence-corrected chi connectivity index (χ2v) is 5.80. The minimum Gasteiger partial charge on any atom is -0.355 e. The van der Waals surface area contributed by atoms with Gasteiger partial charge in [0.05, 0.1) is 11.4 Å². The van der Waals surface area contributed by atoms with Gasteiger partial charge in [-0.15, -0.1) is 0 Å². The largest absolute Gasteiger partial charge is 0.355 e. The Morgan fingerprint density at radius 3 is 2.87 bits per heavy atom. The molecular weight excluding hydrogens is 290 g/mol. The van der Waals surface area contributed by atoms with Crippen molar-refractivity contribution in [3.8, 4) is 11.3 Å². The van der Waals surface area contributed by atoms with E-state index in [4.69, 9.17) is 0 Å². The minimum absolute atomic E-state index is 0.173. The summed E-state index contributed by atoms with van der Waals surface area (Å²) in [5.41, 5.74) is 3.67. The van der Waals surface area contributed by atoms with Crippen molar-refractivity contribution >= 4 is 11.6 Å². The van der Waals surface area contributed by atoms with Crippen molar-refractivity contribution in [2.45, 2.75) is 19.3 Å². The Hall–Kier alpha value is -2.76. The van der Waals surface area contributed by atoms with Crippen molar-refractivity contribution in [1.82, 2.24) is 24.9 Å². The number of hydrogen-bond acceptors (Lipinski definition) is 4. The SMILES string of the molecule is O=C(NCCc1cc2nc(-c3ccncc3)ccn2n1)C1CC1. The number of pyridine rings is 1. The highest BCUT2D eigenvalue weighted by molar-refractivity contribution is 5.80. The van der Waals surface area contributed by atoms with Crippen LogP contribution in [0, 0.1) is 5.92 Å². The lowest BCUT2D eigenvalue weighted by Crippen LogP contribution is -2.27. The predicted molar refractivity (Wildman–Crippen MR) is 85.7 cm³/mol. The van der Waals surface area contributed by atoms with Gasteiger partial charge in [-0.3, -0.25) is 9.78 Å². The van der Waals surface area contributed by atoms with Crippen LogP contribution in [0.2, 0.25) is 0 Å². The highest BCUT2D eigenvalue weighted by atomic mass is 16.2. The number of aromatic nitrogens is 4. The maximum absolute atomic E-state index is 11.6. The maximum atomic E-state index is 11.6. The van der Waals surface area contributed by atoms with E-state index in [2.05, 4.69) is 20.4 Å². The van der Waals surface area contributed by atoms with Gasteiger partial charge in [0.25, 0.3) is 0 Å². The van der Waals surface area contributed by atoms with Gasteiger partial charge in [0, 0.05) is 49.1 Å². The molecule has 1 aliphatic rings. The van der Waals surface area contributed by atoms with Crippen LogP contribution in [0.15, 0.2) is 42.9 Å². The summed E-state index contributed by atoms with van der Waals surface area (Å²) in [5, 5.41) is 7.45. The van der Waals surface area contributed by atoms with Crippen molar-refractivity contribution in [2.75, 3.05) is 6.54 Å². The summed E-state index contributed by atoms with van der Waals surface area (Å²) in [7, 11) is 0. The minimum atomic E-state index is 0.173. The molecule has 116 valence electrons. The fourth-order valence-corrected chi connectivity index (χ4v) is 2.54. The van der Waals surface area contributed by atoms with Crippen LogP contribution in [0.25, 0.3) is 16.9 Å². The lowest BCUT2D eigenvalue weighted by molar-refractivity contribution is -0.122. The Bertz CT molecular complexity index is 839. The molecule has 1 amide bonds. The van der Waals surface area contributed by atoms with Crippen LogP contribution in [0.1, 0.15) is 18.5 Å². The first-order valence-electron chi connectivity index (χ1n) is 7.83. The van der Waals surface area contributed by atoms with Crippen LogP contribution in [-0.2, 0) is 11.2 Å². The summed E-state index contributed by atoms with van der Waals surface area (Å²) < 4.78 is 1.77. The zero-order chi connectivity index (χ0) is 15.6. The molecule has 6 nitrogen and oxygen atoms in total. The van der Waals surface area contributed by atoms with E-state index < -0.39 is 0 Å². The molecule has 3 heterocycles. The van der Waals surface area contributed by atoms with E-state index >= 15 is 0 Å². The molecule has 23 heavy (non-hydrogen) atoms. The van der Waals surface area contributed by atoms with E-state index in [9.17, 15) is 4.79 Å². The average molecular weight is 307 g/mol. The quantitative estimate of drug-likeness (QED) is 0.781. The topological polar surface area (TPSA) is 72.2 Å². The van der Waals surface area contributed by atoms with Gasteiger partial charge < -0.3 is 5.32 Å². The molecule has 0 bridgehead atoms. The van der Waals surface area contributed by atoms with E-state index in [1.807, 2.05) is 30.5 Å². The van der Waals surface area contributed by atoms with Gasteiger partial charge >= 0.3 is 0 Å². The lowest BCUT2D eigenvalue weighted by Gasteiger charge is -2.01. The average Bonchev–Trinajstić information content (AvgIpc) is 3.35. The number of carbonyl (C=O) groups excluding carboxylic acids is 1. The van der Waals surface area contributed by atoms with Crippen molar-refractivity contribution in [3.05, 3.63) is 48.5 Å². The van der Waals surface area contributed by atoms with Gasteiger partial charge in [-0.2, -0.15) is 5.10 Å². The molecule has 0 unspecified atom stereocenters. The first-order chi connectivity index (χ1) is 11.3. The third-order valence-corrected chi connectivity index (χ3v) is 3.98. The first kappa shape index (κ1) is 13.9. The van der Waals surface area contributed by atoms with Crippen molar-refractivity contribution in [2.24, 2.45) is 5.92 Å². The molecule has 0 aromatic carbocycles. The van der Waals surface area contributed by atoms with Gasteiger partial charge in [0.15, 0.2) is 5.65 Å². The third kappa shape index (κ3) is 3.06. The lowest BCUT2D eigenvalue weighted by atomic mass is 10.2. The maximum Gasteiger partial charge on any atom is 0.223 e. The van der Waals surface area contributed by atoms with Gasteiger partial charge in [-0.1, -0.05) is 0 Å². The molecule has 1 N–H and O–H groups in total. The molecule has 4 rings (SSSR count). The molecule has 1 aliphatic carbocycles. The number of hydrogen-bond donors (Lipinski definition) is 1. The molecule has 0 spiro atoms. The fraction of sp³-hybridized carbons (Fsp3) is 0.294. The molecule has 3 aromatic heterocycles. The van der Waals surface area contributed by atoms with Crippen LogP contribution < -0.4 is 5.32 Å². The molecule has 0 radical (unpaired) electrons. The van der Waals surface area contributed by atoms with Crippen molar-refractivity contribution < 1.29 is 4.79 Å². The van der Waals surface area contributed by atoms with Crippen molar-refractivity contribution in [3.63, 3.8) is 0 Å². The normalized spacial score (nSPS) is 14.1. The second-order valence-electron chi connectivity index (χ2n) is 5.80. The van der Waals surface area contributed by atoms with Crippen LogP contribution in [-0.4, -0.2) is 32.0 Å². The zero-order valence-corrected chi connectivity index (χ0v) is 12.6. The molecule has 1 saturated carbocycles. The van der Waals surface area contributed by atoms with Crippen LogP contribution >= 0.6 is 0 Å². The molecular formula is C17H17N5O. The Balaban J connectivity index is 1.48. The van der Waals surface area contributed by atoms with E-state index in [1.165, 1.54) is 0 Å². The van der Waals surface area contributed by atoms with Gasteiger partial charge in [0.1, 0.15) is 0 Å². The summed E-state index contributed by atoms with van der Waals surface area (Å²) in [6.07, 6.45) is 8.19. The standard InChI is InChI=1S/C17H17N5O/c23-17(13-1-2-13)19-9-5-14-11-16-20-15(6-10-22(16)21-14)12-3-7-18-8-4-12/h3-4,6-8,10-11,13H,1-2,5,9H2,(H,19,23). The molecule has 0 aliphatic heterocycles. The Morgan fingerprint density at radius 2 is 2.09 bits per heavy atom. The second kappa shape index (κ2) is 5.79. The summed E-state index contributed by atoms with van der Waals surface area (Å²) in [5.74, 6) is 0.424. The highest BCUT2D eigenvalue weighted by Gasteiger charge is 2.29. The molecule has 6 heteroatoms. The predicted octanol–water partition coefficient (Wildman–Crippen LogP) is 1.86. The number of rotatable bonds is 5. The number of nitrogens with zero attached hydrogens (tertiary/aromatic N) is 4.